The van der Waals surface area contributed by atoms with Crippen molar-refractivity contribution in [2.45, 2.75) is 151 Å². The number of rotatable bonds is 10. The van der Waals surface area contributed by atoms with Crippen LogP contribution >= 0.6 is 0 Å². The molecule has 0 radical (unpaired) electrons. The summed E-state index contributed by atoms with van der Waals surface area (Å²) in [5, 5.41) is 11.0. The number of aliphatic carboxylic acids is 1. The fourth-order valence-electron chi connectivity index (χ4n) is 7.46. The van der Waals surface area contributed by atoms with Gasteiger partial charge in [0.15, 0.2) is 0 Å². The molecule has 0 bridgehead atoms. The summed E-state index contributed by atoms with van der Waals surface area (Å²) in [6.07, 6.45) is 18.7. The quantitative estimate of drug-likeness (QED) is 0.154. The normalized spacial score (nSPS) is 27.5. The molecule has 6 nitrogen and oxygen atoms in total. The molecule has 1 amide bonds. The molecule has 4 rings (SSSR count). The minimum Gasteiger partial charge on any atom is -0.481 e. The molecule has 2 N–H and O–H groups in total. The molecule has 4 aliphatic carbocycles. The van der Waals surface area contributed by atoms with Gasteiger partial charge in [-0.05, 0) is 74.0 Å². The molecular weight excluding hydrogens is 514 g/mol. The number of unbranched alkanes of at least 4 members (excludes halogenated alkanes) is 2. The second kappa shape index (κ2) is 20.9. The molecule has 0 spiro atoms. The number of carboxylic acids is 1. The third-order valence-corrected chi connectivity index (χ3v) is 9.28. The molecule has 0 aromatic rings. The van der Waals surface area contributed by atoms with Crippen molar-refractivity contribution < 1.29 is 24.2 Å². The van der Waals surface area contributed by atoms with E-state index in [2.05, 4.69) is 32.2 Å². The fraction of sp³-hybridized carbons (Fsp3) is 0.857. The van der Waals surface area contributed by atoms with Crippen LogP contribution in [0.25, 0.3) is 0 Å². The van der Waals surface area contributed by atoms with Gasteiger partial charge in [-0.25, -0.2) is 0 Å². The van der Waals surface area contributed by atoms with Crippen LogP contribution in [-0.4, -0.2) is 35.6 Å². The van der Waals surface area contributed by atoms with Crippen LogP contribution in [0.5, 0.6) is 0 Å². The number of fused-ring (bicyclic) bond motifs is 5. The van der Waals surface area contributed by atoms with E-state index in [9.17, 15) is 14.4 Å². The molecule has 238 valence electrons. The van der Waals surface area contributed by atoms with Crippen molar-refractivity contribution in [1.82, 2.24) is 5.32 Å². The van der Waals surface area contributed by atoms with Crippen LogP contribution in [0.1, 0.15) is 145 Å². The van der Waals surface area contributed by atoms with Crippen molar-refractivity contribution in [3.63, 3.8) is 0 Å². The highest BCUT2D eigenvalue weighted by Crippen LogP contribution is 2.56. The van der Waals surface area contributed by atoms with Gasteiger partial charge < -0.3 is 15.2 Å². The van der Waals surface area contributed by atoms with E-state index in [0.717, 1.165) is 48.9 Å². The highest BCUT2D eigenvalue weighted by Gasteiger charge is 2.47. The topological polar surface area (TPSA) is 92.7 Å². The maximum Gasteiger partial charge on any atom is 0.325 e. The summed E-state index contributed by atoms with van der Waals surface area (Å²) in [5.41, 5.74) is 1.50. The number of carbonyl (C=O) groups excluding carboxylic acids is 2. The lowest BCUT2D eigenvalue weighted by Gasteiger charge is -2.49. The van der Waals surface area contributed by atoms with Crippen molar-refractivity contribution in [1.29, 1.82) is 0 Å². The molecule has 0 aromatic heterocycles. The van der Waals surface area contributed by atoms with Crippen molar-refractivity contribution in [3.8, 4) is 0 Å². The fourth-order valence-corrected chi connectivity index (χ4v) is 7.46. The van der Waals surface area contributed by atoms with Crippen LogP contribution < -0.4 is 5.32 Å². The molecule has 0 aromatic carbocycles. The summed E-state index contributed by atoms with van der Waals surface area (Å²) in [6.45, 7) is 14.6. The predicted molar refractivity (Wildman–Crippen MR) is 169 cm³/mol. The lowest BCUT2D eigenvalue weighted by molar-refractivity contribution is -0.150. The van der Waals surface area contributed by atoms with Gasteiger partial charge >= 0.3 is 11.9 Å². The molecule has 6 atom stereocenters. The Morgan fingerprint density at radius 3 is 2.32 bits per heavy atom. The zero-order chi connectivity index (χ0) is 30.8. The number of nitrogens with one attached hydrogen (secondary N) is 1. The first-order chi connectivity index (χ1) is 19.8. The summed E-state index contributed by atoms with van der Waals surface area (Å²) >= 11 is 0. The van der Waals surface area contributed by atoms with E-state index in [4.69, 9.17) is 9.84 Å². The van der Waals surface area contributed by atoms with Crippen molar-refractivity contribution >= 4 is 17.8 Å². The standard InChI is InChI=1S/C23H33NO5.C8H18.2C2H6/c25-21(10-11-22(26)27)24-13-23(28)29-16-6-9-18-15(12-16)5-8-19-17-3-1-2-14(17)4-7-20(18)19;1-4-5-6-7-8(2)3;2*1-2/h5,14,16-20H,1-4,6-13H2,(H,24,25)(H,26,27);8H,4-7H2,1-3H3;2*1-2H3/t14?,16-,17?,18?,19?,20?;;;/m0.../s1. The van der Waals surface area contributed by atoms with Gasteiger partial charge in [-0.15, -0.1) is 0 Å². The summed E-state index contributed by atoms with van der Waals surface area (Å²) in [6, 6.07) is 0. The van der Waals surface area contributed by atoms with E-state index in [1.165, 1.54) is 69.8 Å². The largest absolute Gasteiger partial charge is 0.481 e. The SMILES string of the molecule is CC.CC.CCCCCC(C)C.O=C(O)CCC(=O)NCC(=O)O[C@H]1CCC2C(=CCC3C4CCCC4CCC23)C1. The van der Waals surface area contributed by atoms with Crippen LogP contribution in [0, 0.1) is 35.5 Å². The number of carbonyl (C=O) groups is 3. The molecule has 41 heavy (non-hydrogen) atoms. The van der Waals surface area contributed by atoms with E-state index in [1.807, 2.05) is 27.7 Å². The Morgan fingerprint density at radius 2 is 1.66 bits per heavy atom. The number of hydrogen-bond donors (Lipinski definition) is 2. The second-order valence-electron chi connectivity index (χ2n) is 12.3. The van der Waals surface area contributed by atoms with E-state index in [1.54, 1.807) is 0 Å². The minimum atomic E-state index is -1.02. The number of hydrogen-bond acceptors (Lipinski definition) is 4. The Kier molecular flexibility index (Phi) is 19.0. The maximum atomic E-state index is 12.1. The zero-order valence-electron chi connectivity index (χ0n) is 27.5. The summed E-state index contributed by atoms with van der Waals surface area (Å²) in [5.74, 6) is 3.34. The highest BCUT2D eigenvalue weighted by atomic mass is 16.5. The number of amides is 1. The molecule has 0 aliphatic heterocycles. The van der Waals surface area contributed by atoms with Crippen molar-refractivity contribution in [2.75, 3.05) is 6.54 Å². The first-order valence-corrected chi connectivity index (χ1v) is 17.1. The lowest BCUT2D eigenvalue weighted by atomic mass is 9.57. The Hall–Kier alpha value is -1.85. The van der Waals surface area contributed by atoms with Crippen LogP contribution in [0.15, 0.2) is 11.6 Å². The van der Waals surface area contributed by atoms with Gasteiger partial charge in [0.2, 0.25) is 5.91 Å². The Bertz CT molecular complexity index is 791. The van der Waals surface area contributed by atoms with E-state index in [0.29, 0.717) is 5.92 Å². The lowest BCUT2D eigenvalue weighted by Crippen LogP contribution is -2.41. The average molecular weight is 578 g/mol. The van der Waals surface area contributed by atoms with Crippen molar-refractivity contribution in [3.05, 3.63) is 11.6 Å². The maximum absolute atomic E-state index is 12.1. The van der Waals surface area contributed by atoms with E-state index < -0.39 is 17.8 Å². The van der Waals surface area contributed by atoms with Gasteiger partial charge in [0, 0.05) is 12.8 Å². The van der Waals surface area contributed by atoms with Gasteiger partial charge in [-0.3, -0.25) is 14.4 Å². The predicted octanol–water partition coefficient (Wildman–Crippen LogP) is 8.73. The van der Waals surface area contributed by atoms with Crippen molar-refractivity contribution in [2.24, 2.45) is 35.5 Å². The molecule has 3 saturated carbocycles. The average Bonchev–Trinajstić information content (AvgIpc) is 3.47. The molecule has 5 unspecified atom stereocenters. The molecular formula is C35H63NO5. The summed E-state index contributed by atoms with van der Waals surface area (Å²) < 4.78 is 5.61. The Balaban J connectivity index is 0.000000601. The first kappa shape index (κ1) is 37.2. The van der Waals surface area contributed by atoms with E-state index in [-0.39, 0.29) is 25.5 Å². The highest BCUT2D eigenvalue weighted by molar-refractivity contribution is 5.84. The minimum absolute atomic E-state index is 0.0970. The van der Waals surface area contributed by atoms with E-state index >= 15 is 0 Å². The summed E-state index contributed by atoms with van der Waals surface area (Å²) in [7, 11) is 0. The molecule has 0 heterocycles. The smallest absolute Gasteiger partial charge is 0.325 e. The summed E-state index contributed by atoms with van der Waals surface area (Å²) in [4.78, 5) is 34.1. The van der Waals surface area contributed by atoms with Gasteiger partial charge in [-0.1, -0.05) is 98.6 Å². The van der Waals surface area contributed by atoms with Crippen LogP contribution in [0.4, 0.5) is 0 Å². The van der Waals surface area contributed by atoms with Gasteiger partial charge in [0.05, 0.1) is 6.42 Å². The number of esters is 1. The van der Waals surface area contributed by atoms with Gasteiger partial charge in [-0.2, -0.15) is 0 Å². The second-order valence-corrected chi connectivity index (χ2v) is 12.3. The number of allylic oxidation sites excluding steroid dienone is 1. The van der Waals surface area contributed by atoms with Gasteiger partial charge in [0.25, 0.3) is 0 Å². The van der Waals surface area contributed by atoms with Crippen LogP contribution in [0.3, 0.4) is 0 Å². The number of carboxylic acid groups (broad SMARTS) is 1. The van der Waals surface area contributed by atoms with Crippen LogP contribution in [0.2, 0.25) is 0 Å². The van der Waals surface area contributed by atoms with Gasteiger partial charge in [0.1, 0.15) is 12.6 Å². The Labute approximate surface area is 251 Å². The molecule has 3 fully saturated rings. The monoisotopic (exact) mass is 577 g/mol. The zero-order valence-corrected chi connectivity index (χ0v) is 27.5. The number of ether oxygens (including phenoxy) is 1. The molecule has 4 aliphatic rings. The van der Waals surface area contributed by atoms with Crippen LogP contribution in [-0.2, 0) is 19.1 Å². The third-order valence-electron chi connectivity index (χ3n) is 9.28. The molecule has 6 heteroatoms. The third kappa shape index (κ3) is 12.9. The Morgan fingerprint density at radius 1 is 0.927 bits per heavy atom. The molecule has 0 saturated heterocycles. The first-order valence-electron chi connectivity index (χ1n) is 17.1.